The van der Waals surface area contributed by atoms with Crippen molar-refractivity contribution in [3.05, 3.63) is 47.7 Å². The van der Waals surface area contributed by atoms with E-state index >= 15 is 0 Å². The predicted molar refractivity (Wildman–Crippen MR) is 104 cm³/mol. The van der Waals surface area contributed by atoms with Gasteiger partial charge >= 0.3 is 0 Å². The first-order valence-electron chi connectivity index (χ1n) is 9.96. The van der Waals surface area contributed by atoms with Crippen LogP contribution >= 0.6 is 0 Å². The van der Waals surface area contributed by atoms with Gasteiger partial charge in [-0.2, -0.15) is 0 Å². The van der Waals surface area contributed by atoms with E-state index < -0.39 is 11.9 Å². The summed E-state index contributed by atoms with van der Waals surface area (Å²) in [7, 11) is 0. The second-order valence-corrected chi connectivity index (χ2v) is 7.88. The molecule has 0 radical (unpaired) electrons. The Kier molecular flexibility index (Phi) is 4.30. The minimum atomic E-state index is -0.605. The first-order valence-corrected chi connectivity index (χ1v) is 9.96. The molecule has 1 atom stereocenters. The number of hydrogen-bond acceptors (Lipinski definition) is 5. The average Bonchev–Trinajstić information content (AvgIpc) is 3.50. The van der Waals surface area contributed by atoms with Gasteiger partial charge in [0.2, 0.25) is 17.7 Å². The summed E-state index contributed by atoms with van der Waals surface area (Å²) in [4.78, 5) is 42.4. The number of pyridine rings is 1. The van der Waals surface area contributed by atoms with Crippen molar-refractivity contribution in [3.8, 4) is 17.0 Å². The van der Waals surface area contributed by atoms with Crippen LogP contribution in [0.3, 0.4) is 0 Å². The minimum absolute atomic E-state index is 0.169. The summed E-state index contributed by atoms with van der Waals surface area (Å²) < 4.78 is 5.92. The maximum Gasteiger partial charge on any atom is 0.255 e. The monoisotopic (exact) mass is 391 g/mol. The number of hydrogen-bond donors (Lipinski definition) is 1. The highest BCUT2D eigenvalue weighted by molar-refractivity contribution is 6.05. The first kappa shape index (κ1) is 17.8. The fraction of sp³-hybridized carbons (Fsp3) is 0.364. The Hall–Kier alpha value is -3.22. The van der Waals surface area contributed by atoms with Crippen LogP contribution < -0.4 is 10.1 Å². The van der Waals surface area contributed by atoms with Crippen molar-refractivity contribution in [2.45, 2.75) is 38.3 Å². The number of fused-ring (bicyclic) bond motifs is 1. The number of ether oxygens (including phenoxy) is 1. The summed E-state index contributed by atoms with van der Waals surface area (Å²) in [5.74, 6) is 0.381. The highest BCUT2D eigenvalue weighted by Gasteiger charge is 2.39. The van der Waals surface area contributed by atoms with E-state index in [4.69, 9.17) is 4.74 Å². The van der Waals surface area contributed by atoms with Crippen LogP contribution in [-0.4, -0.2) is 40.3 Å². The molecule has 5 rings (SSSR count). The molecule has 1 saturated heterocycles. The summed E-state index contributed by atoms with van der Waals surface area (Å²) in [6, 6.07) is 8.90. The molecular formula is C22H21N3O4. The number of amides is 3. The molecule has 3 heterocycles. The maximum atomic E-state index is 12.8. The molecule has 1 saturated carbocycles. The van der Waals surface area contributed by atoms with E-state index in [1.807, 2.05) is 24.3 Å². The van der Waals surface area contributed by atoms with Crippen molar-refractivity contribution in [3.63, 3.8) is 0 Å². The van der Waals surface area contributed by atoms with Gasteiger partial charge in [0.15, 0.2) is 0 Å². The van der Waals surface area contributed by atoms with Crippen LogP contribution in [0.25, 0.3) is 11.1 Å². The van der Waals surface area contributed by atoms with Gasteiger partial charge in [-0.05, 0) is 60.6 Å². The molecule has 1 aromatic heterocycles. The first-order chi connectivity index (χ1) is 14.1. The smallest absolute Gasteiger partial charge is 0.255 e. The SMILES string of the molecule is O=C1CCC(N2Cc3cc(-c4cccnc4OCC4CC4)ccc3C2=O)C(=O)N1. The second-order valence-electron chi connectivity index (χ2n) is 7.88. The summed E-state index contributed by atoms with van der Waals surface area (Å²) in [5.41, 5.74) is 3.29. The van der Waals surface area contributed by atoms with E-state index in [-0.39, 0.29) is 18.2 Å². The van der Waals surface area contributed by atoms with E-state index in [0.717, 1.165) is 16.7 Å². The Balaban J connectivity index is 1.40. The van der Waals surface area contributed by atoms with Crippen LogP contribution in [0.15, 0.2) is 36.5 Å². The molecule has 148 valence electrons. The van der Waals surface area contributed by atoms with Gasteiger partial charge < -0.3 is 9.64 Å². The van der Waals surface area contributed by atoms with Gasteiger partial charge in [0.1, 0.15) is 6.04 Å². The molecule has 1 unspecified atom stereocenters. The predicted octanol–water partition coefficient (Wildman–Crippen LogP) is 2.30. The quantitative estimate of drug-likeness (QED) is 0.790. The Bertz CT molecular complexity index is 1010. The average molecular weight is 391 g/mol. The van der Waals surface area contributed by atoms with Gasteiger partial charge in [0.25, 0.3) is 5.91 Å². The van der Waals surface area contributed by atoms with Crippen LogP contribution in [0.4, 0.5) is 0 Å². The van der Waals surface area contributed by atoms with Crippen molar-refractivity contribution in [2.24, 2.45) is 5.92 Å². The van der Waals surface area contributed by atoms with Crippen molar-refractivity contribution in [2.75, 3.05) is 6.61 Å². The molecule has 7 nitrogen and oxygen atoms in total. The summed E-state index contributed by atoms with van der Waals surface area (Å²) >= 11 is 0. The molecule has 0 spiro atoms. The largest absolute Gasteiger partial charge is 0.477 e. The Morgan fingerprint density at radius 3 is 2.76 bits per heavy atom. The molecule has 2 fully saturated rings. The lowest BCUT2D eigenvalue weighted by molar-refractivity contribution is -0.136. The lowest BCUT2D eigenvalue weighted by atomic mass is 10.0. The normalized spacial score (nSPS) is 21.2. The van der Waals surface area contributed by atoms with Gasteiger partial charge in [-0.25, -0.2) is 4.98 Å². The zero-order chi connectivity index (χ0) is 20.0. The third kappa shape index (κ3) is 3.37. The van der Waals surface area contributed by atoms with Gasteiger partial charge in [-0.3, -0.25) is 19.7 Å². The van der Waals surface area contributed by atoms with Crippen LogP contribution in [0.5, 0.6) is 5.88 Å². The van der Waals surface area contributed by atoms with Crippen molar-refractivity contribution in [1.82, 2.24) is 15.2 Å². The molecule has 1 N–H and O–H groups in total. The Labute approximate surface area is 168 Å². The van der Waals surface area contributed by atoms with Crippen molar-refractivity contribution in [1.29, 1.82) is 0 Å². The van der Waals surface area contributed by atoms with Gasteiger partial charge in [-0.15, -0.1) is 0 Å². The lowest BCUT2D eigenvalue weighted by Crippen LogP contribution is -2.52. The van der Waals surface area contributed by atoms with Crippen LogP contribution in [0.1, 0.15) is 41.6 Å². The van der Waals surface area contributed by atoms with E-state index in [1.165, 1.54) is 12.8 Å². The molecule has 0 bridgehead atoms. The van der Waals surface area contributed by atoms with Crippen LogP contribution in [0.2, 0.25) is 0 Å². The number of piperidine rings is 1. The highest BCUT2D eigenvalue weighted by Crippen LogP contribution is 2.35. The molecule has 7 heteroatoms. The molecule has 1 aromatic carbocycles. The molecule has 29 heavy (non-hydrogen) atoms. The van der Waals surface area contributed by atoms with Crippen molar-refractivity contribution >= 4 is 17.7 Å². The fourth-order valence-corrected chi connectivity index (χ4v) is 3.95. The molecular weight excluding hydrogens is 370 g/mol. The third-order valence-electron chi connectivity index (χ3n) is 5.76. The summed E-state index contributed by atoms with van der Waals surface area (Å²) in [5, 5.41) is 2.33. The van der Waals surface area contributed by atoms with Crippen molar-refractivity contribution < 1.29 is 19.1 Å². The number of carbonyl (C=O) groups excluding carboxylic acids is 3. The van der Waals surface area contributed by atoms with E-state index in [2.05, 4.69) is 10.3 Å². The molecule has 2 aromatic rings. The summed E-state index contributed by atoms with van der Waals surface area (Å²) in [6.45, 7) is 1.03. The van der Waals surface area contributed by atoms with Crippen LogP contribution in [-0.2, 0) is 16.1 Å². The number of rotatable bonds is 5. The Morgan fingerprint density at radius 1 is 1.10 bits per heavy atom. The van der Waals surface area contributed by atoms with Gasteiger partial charge in [0, 0.05) is 30.3 Å². The van der Waals surface area contributed by atoms with E-state index in [9.17, 15) is 14.4 Å². The fourth-order valence-electron chi connectivity index (χ4n) is 3.95. The Morgan fingerprint density at radius 2 is 1.97 bits per heavy atom. The number of nitrogens with one attached hydrogen (secondary N) is 1. The third-order valence-corrected chi connectivity index (χ3v) is 5.76. The summed E-state index contributed by atoms with van der Waals surface area (Å²) in [6.07, 6.45) is 4.74. The number of benzene rings is 1. The zero-order valence-corrected chi connectivity index (χ0v) is 15.9. The number of nitrogens with zero attached hydrogens (tertiary/aromatic N) is 2. The van der Waals surface area contributed by atoms with E-state index in [0.29, 0.717) is 36.9 Å². The number of carbonyl (C=O) groups is 3. The molecule has 2 aliphatic heterocycles. The minimum Gasteiger partial charge on any atom is -0.477 e. The molecule has 3 amide bonds. The molecule has 3 aliphatic rings. The maximum absolute atomic E-state index is 12.8. The second kappa shape index (κ2) is 6.99. The number of imide groups is 1. The van der Waals surface area contributed by atoms with Gasteiger partial charge in [0.05, 0.1) is 6.61 Å². The number of aromatic nitrogens is 1. The lowest BCUT2D eigenvalue weighted by Gasteiger charge is -2.29. The topological polar surface area (TPSA) is 88.6 Å². The van der Waals surface area contributed by atoms with Gasteiger partial charge in [-0.1, -0.05) is 6.07 Å². The standard InChI is InChI=1S/C22H21N3O4/c26-19-8-7-18(20(27)24-19)25-11-15-10-14(5-6-17(15)22(25)28)16-2-1-9-23-21(16)29-12-13-3-4-13/h1-2,5-6,9-10,13,18H,3-4,7-8,11-12H2,(H,24,26,27). The van der Waals surface area contributed by atoms with Crippen LogP contribution in [0, 0.1) is 5.92 Å². The highest BCUT2D eigenvalue weighted by atomic mass is 16.5. The van der Waals surface area contributed by atoms with E-state index in [1.54, 1.807) is 17.2 Å². The zero-order valence-electron chi connectivity index (χ0n) is 15.9. The molecule has 1 aliphatic carbocycles.